The van der Waals surface area contributed by atoms with Gasteiger partial charge >= 0.3 is 5.97 Å². The molecule has 4 heteroatoms. The second-order valence-corrected chi connectivity index (χ2v) is 3.15. The van der Waals surface area contributed by atoms with Crippen LogP contribution in [0.15, 0.2) is 11.6 Å². The highest BCUT2D eigenvalue weighted by Crippen LogP contribution is 1.94. The van der Waals surface area contributed by atoms with Gasteiger partial charge in [-0.05, 0) is 19.9 Å². The summed E-state index contributed by atoms with van der Waals surface area (Å²) < 4.78 is 4.86. The summed E-state index contributed by atoms with van der Waals surface area (Å²) in [6.07, 6.45) is 2.83. The number of hydrogen-bond acceptors (Lipinski definition) is 3. The van der Waals surface area contributed by atoms with Gasteiger partial charge in [0, 0.05) is 12.1 Å². The van der Waals surface area contributed by atoms with E-state index >= 15 is 0 Å². The molecule has 0 aliphatic rings. The number of esters is 1. The highest BCUT2D eigenvalue weighted by atomic mass is 35.5. The smallest absolute Gasteiger partial charge is 0.320 e. The van der Waals surface area contributed by atoms with Crippen LogP contribution in [0.5, 0.6) is 0 Å². The van der Waals surface area contributed by atoms with Crippen LogP contribution >= 0.6 is 11.6 Å². The fourth-order valence-corrected chi connectivity index (χ4v) is 1.21. The van der Waals surface area contributed by atoms with Crippen molar-refractivity contribution in [3.05, 3.63) is 11.6 Å². The Labute approximate surface area is 90.7 Å². The van der Waals surface area contributed by atoms with Crippen LogP contribution in [-0.4, -0.2) is 37.1 Å². The summed E-state index contributed by atoms with van der Waals surface area (Å²) in [6.45, 7) is 6.21. The maximum Gasteiger partial charge on any atom is 0.320 e. The monoisotopic (exact) mass is 219 g/mol. The first-order valence-corrected chi connectivity index (χ1v) is 5.31. The zero-order chi connectivity index (χ0) is 10.8. The van der Waals surface area contributed by atoms with Crippen LogP contribution in [0.1, 0.15) is 20.3 Å². The third-order valence-corrected chi connectivity index (χ3v) is 1.83. The van der Waals surface area contributed by atoms with Crippen molar-refractivity contribution in [2.45, 2.75) is 20.3 Å². The molecule has 0 aromatic rings. The van der Waals surface area contributed by atoms with Crippen molar-refractivity contribution in [3.8, 4) is 0 Å². The third kappa shape index (κ3) is 6.92. The first-order valence-electron chi connectivity index (χ1n) is 4.87. The summed E-state index contributed by atoms with van der Waals surface area (Å²) in [7, 11) is 0. The lowest BCUT2D eigenvalue weighted by atomic mass is 10.4. The minimum absolute atomic E-state index is 0.177. The highest BCUT2D eigenvalue weighted by Gasteiger charge is 2.08. The molecular weight excluding hydrogens is 202 g/mol. The summed E-state index contributed by atoms with van der Waals surface area (Å²) in [5, 5.41) is 0. The number of nitrogens with zero attached hydrogens (tertiary/aromatic N) is 1. The van der Waals surface area contributed by atoms with Crippen molar-refractivity contribution in [3.63, 3.8) is 0 Å². The molecule has 0 atom stereocenters. The normalized spacial score (nSPS) is 11.1. The van der Waals surface area contributed by atoms with Crippen LogP contribution in [0, 0.1) is 0 Å². The highest BCUT2D eigenvalue weighted by molar-refractivity contribution is 6.25. The Kier molecular flexibility index (Phi) is 8.68. The Hall–Kier alpha value is -0.540. The molecule has 3 nitrogen and oxygen atoms in total. The molecule has 0 N–H and O–H groups in total. The molecule has 0 saturated heterocycles. The van der Waals surface area contributed by atoms with Gasteiger partial charge in [0.15, 0.2) is 0 Å². The first kappa shape index (κ1) is 13.5. The average molecular weight is 220 g/mol. The van der Waals surface area contributed by atoms with Crippen molar-refractivity contribution in [2.24, 2.45) is 0 Å². The molecule has 82 valence electrons. The molecule has 0 rings (SSSR count). The Morgan fingerprint density at radius 1 is 1.50 bits per heavy atom. The van der Waals surface area contributed by atoms with Crippen molar-refractivity contribution >= 4 is 17.6 Å². The van der Waals surface area contributed by atoms with Gasteiger partial charge in [0.1, 0.15) is 0 Å². The number of hydrogen-bond donors (Lipinski definition) is 0. The van der Waals surface area contributed by atoms with Gasteiger partial charge < -0.3 is 4.74 Å². The molecule has 0 spiro atoms. The fourth-order valence-electron chi connectivity index (χ4n) is 1.13. The minimum Gasteiger partial charge on any atom is -0.465 e. The van der Waals surface area contributed by atoms with Gasteiger partial charge in [-0.2, -0.15) is 0 Å². The van der Waals surface area contributed by atoms with Gasteiger partial charge in [0.25, 0.3) is 0 Å². The topological polar surface area (TPSA) is 29.5 Å². The van der Waals surface area contributed by atoms with Crippen LogP contribution < -0.4 is 0 Å². The van der Waals surface area contributed by atoms with Crippen LogP contribution in [0.3, 0.4) is 0 Å². The summed E-state index contributed by atoms with van der Waals surface area (Å²) in [6, 6.07) is 0. The molecule has 0 saturated carbocycles. The molecule has 0 aliphatic heterocycles. The van der Waals surface area contributed by atoms with Gasteiger partial charge in [-0.15, -0.1) is 0 Å². The van der Waals surface area contributed by atoms with Gasteiger partial charge in [-0.3, -0.25) is 9.69 Å². The second-order valence-electron chi connectivity index (χ2n) is 2.90. The van der Waals surface area contributed by atoms with Gasteiger partial charge in [-0.25, -0.2) is 0 Å². The standard InChI is InChI=1S/C10H18ClNO2/c1-3-7-12(8-5-6-11)9-10(13)14-4-2/h5-6H,3-4,7-9H2,1-2H3. The number of carbonyl (C=O) groups is 1. The zero-order valence-corrected chi connectivity index (χ0v) is 9.59. The fraction of sp³-hybridized carbons (Fsp3) is 0.700. The first-order chi connectivity index (χ1) is 6.74. The third-order valence-electron chi connectivity index (χ3n) is 1.65. The number of ether oxygens (including phenoxy) is 1. The molecule has 0 heterocycles. The van der Waals surface area contributed by atoms with E-state index < -0.39 is 0 Å². The largest absolute Gasteiger partial charge is 0.465 e. The number of carbonyl (C=O) groups excluding carboxylic acids is 1. The minimum atomic E-state index is -0.177. The van der Waals surface area contributed by atoms with Gasteiger partial charge in [0.2, 0.25) is 0 Å². The molecular formula is C10H18ClNO2. The molecule has 0 aromatic carbocycles. The van der Waals surface area contributed by atoms with E-state index in [1.165, 1.54) is 5.54 Å². The van der Waals surface area contributed by atoms with E-state index in [0.29, 0.717) is 19.7 Å². The second kappa shape index (κ2) is 9.03. The molecule has 0 radical (unpaired) electrons. The number of halogens is 1. The molecule has 14 heavy (non-hydrogen) atoms. The summed E-state index contributed by atoms with van der Waals surface area (Å²) >= 11 is 5.42. The number of rotatable bonds is 7. The Bertz CT molecular complexity index is 183. The van der Waals surface area contributed by atoms with Crippen molar-refractivity contribution in [1.82, 2.24) is 4.90 Å². The Morgan fingerprint density at radius 2 is 2.21 bits per heavy atom. The molecule has 0 bridgehead atoms. The van der Waals surface area contributed by atoms with Crippen LogP contribution in [0.4, 0.5) is 0 Å². The predicted molar refractivity (Wildman–Crippen MR) is 58.4 cm³/mol. The lowest BCUT2D eigenvalue weighted by Gasteiger charge is -2.18. The Balaban J connectivity index is 3.87. The van der Waals surface area contributed by atoms with Crippen molar-refractivity contribution < 1.29 is 9.53 Å². The zero-order valence-electron chi connectivity index (χ0n) is 8.83. The summed E-state index contributed by atoms with van der Waals surface area (Å²) in [5.74, 6) is -0.177. The Morgan fingerprint density at radius 3 is 2.71 bits per heavy atom. The summed E-state index contributed by atoms with van der Waals surface area (Å²) in [5.41, 5.74) is 1.47. The van der Waals surface area contributed by atoms with E-state index in [9.17, 15) is 4.79 Å². The van der Waals surface area contributed by atoms with Crippen molar-refractivity contribution in [2.75, 3.05) is 26.2 Å². The average Bonchev–Trinajstić information content (AvgIpc) is 2.15. The van der Waals surface area contributed by atoms with Gasteiger partial charge in [-0.1, -0.05) is 24.6 Å². The van der Waals surface area contributed by atoms with Crippen LogP contribution in [0.2, 0.25) is 0 Å². The molecule has 0 fully saturated rings. The van der Waals surface area contributed by atoms with Gasteiger partial charge in [0.05, 0.1) is 13.2 Å². The lowest BCUT2D eigenvalue weighted by Crippen LogP contribution is -2.31. The molecule has 0 aliphatic carbocycles. The van der Waals surface area contributed by atoms with Crippen LogP contribution in [0.25, 0.3) is 0 Å². The van der Waals surface area contributed by atoms with Crippen molar-refractivity contribution in [1.29, 1.82) is 0 Å². The maximum absolute atomic E-state index is 11.2. The predicted octanol–water partition coefficient (Wildman–Crippen LogP) is 2.01. The maximum atomic E-state index is 11.2. The molecule has 0 unspecified atom stereocenters. The van der Waals surface area contributed by atoms with E-state index in [0.717, 1.165) is 13.0 Å². The molecule has 0 aromatic heterocycles. The van der Waals surface area contributed by atoms with E-state index in [1.807, 2.05) is 11.0 Å². The van der Waals surface area contributed by atoms with E-state index in [1.54, 1.807) is 6.92 Å². The summed E-state index contributed by atoms with van der Waals surface area (Å²) in [4.78, 5) is 13.2. The molecule has 0 amide bonds. The van der Waals surface area contributed by atoms with E-state index in [-0.39, 0.29) is 5.97 Å². The van der Waals surface area contributed by atoms with E-state index in [2.05, 4.69) is 6.92 Å². The van der Waals surface area contributed by atoms with E-state index in [4.69, 9.17) is 16.3 Å². The quantitative estimate of drug-likeness (QED) is 0.614. The van der Waals surface area contributed by atoms with Crippen LogP contribution in [-0.2, 0) is 9.53 Å². The lowest BCUT2D eigenvalue weighted by molar-refractivity contribution is -0.144. The SMILES string of the molecule is CCCN(CC=CCl)CC(=O)OCC.